The summed E-state index contributed by atoms with van der Waals surface area (Å²) in [7, 11) is 3.12. The van der Waals surface area contributed by atoms with Gasteiger partial charge in [-0.3, -0.25) is 9.69 Å². The molecule has 0 unspecified atom stereocenters. The van der Waals surface area contributed by atoms with Crippen molar-refractivity contribution < 1.29 is 23.5 Å². The Bertz CT molecular complexity index is 856. The second-order valence-electron chi connectivity index (χ2n) is 6.64. The molecular formula is C20H21FN2O4. The van der Waals surface area contributed by atoms with Crippen LogP contribution in [0.25, 0.3) is 0 Å². The van der Waals surface area contributed by atoms with E-state index in [2.05, 4.69) is 5.16 Å². The third-order valence-corrected chi connectivity index (χ3v) is 4.23. The number of amides is 1. The van der Waals surface area contributed by atoms with Gasteiger partial charge in [-0.1, -0.05) is 5.16 Å². The molecule has 0 saturated carbocycles. The Morgan fingerprint density at radius 3 is 2.22 bits per heavy atom. The van der Waals surface area contributed by atoms with Gasteiger partial charge in [-0.05, 0) is 55.8 Å². The number of halogens is 1. The van der Waals surface area contributed by atoms with Gasteiger partial charge in [0.15, 0.2) is 5.84 Å². The normalized spacial score (nSPS) is 15.8. The van der Waals surface area contributed by atoms with Gasteiger partial charge in [-0.15, -0.1) is 0 Å². The number of hydrogen-bond donors (Lipinski definition) is 0. The Morgan fingerprint density at radius 1 is 1.07 bits per heavy atom. The lowest BCUT2D eigenvalue weighted by Crippen LogP contribution is -2.52. The van der Waals surface area contributed by atoms with Crippen LogP contribution in [-0.2, 0) is 16.2 Å². The largest absolute Gasteiger partial charge is 0.497 e. The van der Waals surface area contributed by atoms with Crippen LogP contribution in [0.4, 0.5) is 4.39 Å². The maximum atomic E-state index is 13.3. The van der Waals surface area contributed by atoms with E-state index in [9.17, 15) is 9.18 Å². The minimum atomic E-state index is -1.10. The first kappa shape index (κ1) is 18.7. The van der Waals surface area contributed by atoms with E-state index >= 15 is 0 Å². The number of carbonyl (C=O) groups excluding carboxylic acids is 1. The molecule has 0 atom stereocenters. The first-order valence-corrected chi connectivity index (χ1v) is 8.40. The molecule has 0 aliphatic carbocycles. The van der Waals surface area contributed by atoms with Crippen molar-refractivity contribution in [3.05, 3.63) is 59.4 Å². The Morgan fingerprint density at radius 2 is 1.67 bits per heavy atom. The van der Waals surface area contributed by atoms with E-state index in [0.717, 1.165) is 5.56 Å². The van der Waals surface area contributed by atoms with Crippen molar-refractivity contribution in [2.24, 2.45) is 5.16 Å². The van der Waals surface area contributed by atoms with Gasteiger partial charge in [-0.2, -0.15) is 0 Å². The van der Waals surface area contributed by atoms with Crippen LogP contribution in [0.3, 0.4) is 0 Å². The van der Waals surface area contributed by atoms with E-state index in [1.165, 1.54) is 17.0 Å². The van der Waals surface area contributed by atoms with Crippen LogP contribution in [0, 0.1) is 5.82 Å². The first-order valence-electron chi connectivity index (χ1n) is 8.40. The first-order chi connectivity index (χ1) is 12.8. The molecule has 0 fully saturated rings. The number of methoxy groups -OCH3 is 2. The number of ether oxygens (including phenoxy) is 2. The number of benzene rings is 2. The maximum Gasteiger partial charge on any atom is 0.275 e. The molecule has 0 N–H and O–H groups in total. The van der Waals surface area contributed by atoms with Crippen molar-refractivity contribution in [1.29, 1.82) is 0 Å². The minimum Gasteiger partial charge on any atom is -0.497 e. The summed E-state index contributed by atoms with van der Waals surface area (Å²) in [5.41, 5.74) is 0.272. The van der Waals surface area contributed by atoms with E-state index in [1.807, 2.05) is 12.1 Å². The van der Waals surface area contributed by atoms with Crippen LogP contribution in [-0.4, -0.2) is 36.5 Å². The number of amidine groups is 1. The summed E-state index contributed by atoms with van der Waals surface area (Å²) in [5, 5.41) is 4.13. The van der Waals surface area contributed by atoms with Crippen LogP contribution in [0.1, 0.15) is 25.0 Å². The number of hydrogen-bond acceptors (Lipinski definition) is 5. The monoisotopic (exact) mass is 372 g/mol. The molecule has 7 heteroatoms. The van der Waals surface area contributed by atoms with Crippen LogP contribution in [0.5, 0.6) is 11.5 Å². The van der Waals surface area contributed by atoms with Crippen LogP contribution >= 0.6 is 0 Å². The number of rotatable bonds is 5. The summed E-state index contributed by atoms with van der Waals surface area (Å²) in [4.78, 5) is 19.9. The molecular weight excluding hydrogens is 351 g/mol. The predicted octanol–water partition coefficient (Wildman–Crippen LogP) is 3.34. The van der Waals surface area contributed by atoms with Gasteiger partial charge in [-0.25, -0.2) is 4.39 Å². The van der Waals surface area contributed by atoms with E-state index in [-0.39, 0.29) is 18.3 Å². The molecule has 142 valence electrons. The van der Waals surface area contributed by atoms with Crippen molar-refractivity contribution in [2.75, 3.05) is 14.2 Å². The topological polar surface area (TPSA) is 60.4 Å². The average Bonchev–Trinajstić information content (AvgIpc) is 2.66. The fraction of sp³-hybridized carbons (Fsp3) is 0.300. The van der Waals surface area contributed by atoms with E-state index < -0.39 is 5.60 Å². The summed E-state index contributed by atoms with van der Waals surface area (Å²) >= 11 is 0. The van der Waals surface area contributed by atoms with Crippen molar-refractivity contribution >= 4 is 11.7 Å². The van der Waals surface area contributed by atoms with Crippen LogP contribution in [0.15, 0.2) is 47.6 Å². The molecule has 1 heterocycles. The standard InChI is InChI=1S/C20H21FN2O4/c1-20(2)19(24)23(12-13-9-16(25-3)11-17(10-13)26-4)18(22-27-20)14-5-7-15(21)8-6-14/h5-11H,12H2,1-4H3. The lowest BCUT2D eigenvalue weighted by Gasteiger charge is -2.35. The highest BCUT2D eigenvalue weighted by molar-refractivity contribution is 6.10. The minimum absolute atomic E-state index is 0.232. The van der Waals surface area contributed by atoms with Gasteiger partial charge in [0, 0.05) is 11.6 Å². The highest BCUT2D eigenvalue weighted by Gasteiger charge is 2.41. The molecule has 3 rings (SSSR count). The Balaban J connectivity index is 2.01. The fourth-order valence-corrected chi connectivity index (χ4v) is 2.76. The van der Waals surface area contributed by atoms with Crippen molar-refractivity contribution in [3.63, 3.8) is 0 Å². The van der Waals surface area contributed by atoms with Gasteiger partial charge < -0.3 is 14.3 Å². The lowest BCUT2D eigenvalue weighted by molar-refractivity contribution is -0.154. The SMILES string of the molecule is COc1cc(CN2C(=O)C(C)(C)ON=C2c2ccc(F)cc2)cc(OC)c1. The Hall–Kier alpha value is -3.09. The van der Waals surface area contributed by atoms with E-state index in [4.69, 9.17) is 14.3 Å². The molecule has 0 spiro atoms. The zero-order chi connectivity index (χ0) is 19.6. The van der Waals surface area contributed by atoms with Gasteiger partial charge in [0.2, 0.25) is 5.60 Å². The molecule has 1 aliphatic heterocycles. The van der Waals surface area contributed by atoms with Gasteiger partial charge >= 0.3 is 0 Å². The highest BCUT2D eigenvalue weighted by atomic mass is 19.1. The predicted molar refractivity (Wildman–Crippen MR) is 98.2 cm³/mol. The van der Waals surface area contributed by atoms with Gasteiger partial charge in [0.1, 0.15) is 17.3 Å². The third kappa shape index (κ3) is 3.86. The summed E-state index contributed by atoms with van der Waals surface area (Å²) in [6, 6.07) is 11.1. The molecule has 27 heavy (non-hydrogen) atoms. The lowest BCUT2D eigenvalue weighted by atomic mass is 10.0. The summed E-state index contributed by atoms with van der Waals surface area (Å²) in [6.45, 7) is 3.54. The van der Waals surface area contributed by atoms with Gasteiger partial charge in [0.25, 0.3) is 5.91 Å². The molecule has 1 aliphatic rings. The highest BCUT2D eigenvalue weighted by Crippen LogP contribution is 2.28. The molecule has 0 aromatic heterocycles. The quantitative estimate of drug-likeness (QED) is 0.808. The zero-order valence-electron chi connectivity index (χ0n) is 15.7. The van der Waals surface area contributed by atoms with Crippen molar-refractivity contribution in [3.8, 4) is 11.5 Å². The molecule has 6 nitrogen and oxygen atoms in total. The number of carbonyl (C=O) groups is 1. The average molecular weight is 372 g/mol. The van der Waals surface area contributed by atoms with Crippen LogP contribution in [0.2, 0.25) is 0 Å². The summed E-state index contributed by atoms with van der Waals surface area (Å²) in [5.74, 6) is 0.931. The van der Waals surface area contributed by atoms with E-state index in [0.29, 0.717) is 22.9 Å². The molecule has 0 bridgehead atoms. The smallest absolute Gasteiger partial charge is 0.275 e. The molecule has 0 radical (unpaired) electrons. The molecule has 0 saturated heterocycles. The summed E-state index contributed by atoms with van der Waals surface area (Å²) in [6.07, 6.45) is 0. The number of nitrogens with zero attached hydrogens (tertiary/aromatic N) is 2. The van der Waals surface area contributed by atoms with Gasteiger partial charge in [0.05, 0.1) is 20.8 Å². The van der Waals surface area contributed by atoms with Crippen LogP contribution < -0.4 is 9.47 Å². The fourth-order valence-electron chi connectivity index (χ4n) is 2.76. The molecule has 1 amide bonds. The second-order valence-corrected chi connectivity index (χ2v) is 6.64. The maximum absolute atomic E-state index is 13.3. The second kappa shape index (κ2) is 7.26. The summed E-state index contributed by atoms with van der Waals surface area (Å²) < 4.78 is 23.9. The zero-order valence-corrected chi connectivity index (χ0v) is 15.7. The molecule has 2 aromatic rings. The Labute approximate surface area is 157 Å². The number of oxime groups is 1. The Kier molecular flexibility index (Phi) is 5.03. The third-order valence-electron chi connectivity index (χ3n) is 4.23. The van der Waals surface area contributed by atoms with Crippen molar-refractivity contribution in [1.82, 2.24) is 4.90 Å². The van der Waals surface area contributed by atoms with E-state index in [1.54, 1.807) is 46.3 Å². The molecule has 2 aromatic carbocycles. The van der Waals surface area contributed by atoms with Crippen molar-refractivity contribution in [2.45, 2.75) is 26.0 Å².